The van der Waals surface area contributed by atoms with Crippen LogP contribution >= 0.6 is 11.6 Å². The van der Waals surface area contributed by atoms with E-state index in [1.807, 2.05) is 0 Å². The van der Waals surface area contributed by atoms with Gasteiger partial charge in [-0.15, -0.1) is 0 Å². The molecule has 0 saturated heterocycles. The van der Waals surface area contributed by atoms with E-state index in [2.05, 4.69) is 5.32 Å². The number of hydrogen-bond acceptors (Lipinski definition) is 1. The van der Waals surface area contributed by atoms with Crippen LogP contribution in [-0.4, -0.2) is 11.2 Å². The van der Waals surface area contributed by atoms with Crippen LogP contribution in [-0.2, 0) is 0 Å². The van der Waals surface area contributed by atoms with Crippen molar-refractivity contribution in [3.63, 3.8) is 0 Å². The Hall–Kier alpha value is -2.14. The van der Waals surface area contributed by atoms with E-state index >= 15 is 0 Å². The first-order chi connectivity index (χ1) is 8.97. The lowest BCUT2D eigenvalue weighted by molar-refractivity contribution is 0.210. The Balaban J connectivity index is 2.60. The monoisotopic (exact) mass is 283 g/mol. The van der Waals surface area contributed by atoms with E-state index in [0.717, 1.165) is 12.1 Å². The lowest BCUT2D eigenvalue weighted by Crippen LogP contribution is -2.09. The molecule has 0 saturated carbocycles. The average Bonchev–Trinajstić information content (AvgIpc) is 2.33. The standard InChI is InChI=1S/C13H8ClF2NO2/c14-11-6-9(16)5-10(12(11)17-13(18)19)7-1-3-8(15)4-2-7/h1-6,17H,(H,18,19). The fraction of sp³-hybridized carbons (Fsp3) is 0. The Labute approximate surface area is 112 Å². The summed E-state index contributed by atoms with van der Waals surface area (Å²) in [7, 11) is 0. The molecule has 2 aromatic rings. The molecule has 2 N–H and O–H groups in total. The summed E-state index contributed by atoms with van der Waals surface area (Å²) < 4.78 is 26.2. The zero-order chi connectivity index (χ0) is 14.0. The first kappa shape index (κ1) is 13.3. The van der Waals surface area contributed by atoms with Crippen LogP contribution in [0.3, 0.4) is 0 Å². The molecule has 0 aliphatic rings. The highest BCUT2D eigenvalue weighted by molar-refractivity contribution is 6.34. The second kappa shape index (κ2) is 5.24. The van der Waals surface area contributed by atoms with Crippen molar-refractivity contribution in [2.24, 2.45) is 0 Å². The lowest BCUT2D eigenvalue weighted by Gasteiger charge is -2.11. The van der Waals surface area contributed by atoms with Gasteiger partial charge >= 0.3 is 6.09 Å². The van der Waals surface area contributed by atoms with Gasteiger partial charge < -0.3 is 5.11 Å². The van der Waals surface area contributed by atoms with Crippen molar-refractivity contribution in [1.29, 1.82) is 0 Å². The molecule has 0 heterocycles. The Morgan fingerprint density at radius 2 is 1.74 bits per heavy atom. The van der Waals surface area contributed by atoms with Crippen LogP contribution in [0.4, 0.5) is 19.3 Å². The third-order valence-corrected chi connectivity index (χ3v) is 2.74. The normalized spacial score (nSPS) is 10.3. The van der Waals surface area contributed by atoms with Gasteiger partial charge in [-0.05, 0) is 29.8 Å². The lowest BCUT2D eigenvalue weighted by atomic mass is 10.0. The molecule has 0 aliphatic carbocycles. The number of benzene rings is 2. The average molecular weight is 284 g/mol. The van der Waals surface area contributed by atoms with Gasteiger partial charge in [0.25, 0.3) is 0 Å². The molecule has 1 amide bonds. The van der Waals surface area contributed by atoms with E-state index in [1.54, 1.807) is 0 Å². The molecule has 0 atom stereocenters. The first-order valence-electron chi connectivity index (χ1n) is 5.22. The van der Waals surface area contributed by atoms with Gasteiger partial charge in [0.05, 0.1) is 10.7 Å². The predicted octanol–water partition coefficient (Wildman–Crippen LogP) is 4.38. The Morgan fingerprint density at radius 3 is 2.32 bits per heavy atom. The van der Waals surface area contributed by atoms with Crippen molar-refractivity contribution in [1.82, 2.24) is 0 Å². The third-order valence-electron chi connectivity index (χ3n) is 2.44. The highest BCUT2D eigenvalue weighted by Gasteiger charge is 2.14. The quantitative estimate of drug-likeness (QED) is 0.859. The molecule has 0 aromatic heterocycles. The maximum absolute atomic E-state index is 13.4. The summed E-state index contributed by atoms with van der Waals surface area (Å²) in [6.07, 6.45) is -1.32. The molecule has 0 unspecified atom stereocenters. The third kappa shape index (κ3) is 3.00. The number of anilines is 1. The fourth-order valence-corrected chi connectivity index (χ4v) is 1.92. The van der Waals surface area contributed by atoms with Gasteiger partial charge in [-0.2, -0.15) is 0 Å². The van der Waals surface area contributed by atoms with E-state index in [1.165, 1.54) is 24.3 Å². The maximum atomic E-state index is 13.4. The molecule has 0 aliphatic heterocycles. The van der Waals surface area contributed by atoms with Crippen LogP contribution < -0.4 is 5.32 Å². The summed E-state index contributed by atoms with van der Waals surface area (Å²) in [5.74, 6) is -1.06. The van der Waals surface area contributed by atoms with E-state index in [9.17, 15) is 13.6 Å². The summed E-state index contributed by atoms with van der Waals surface area (Å²) >= 11 is 5.82. The van der Waals surface area contributed by atoms with Gasteiger partial charge in [0.15, 0.2) is 0 Å². The minimum absolute atomic E-state index is 0.0576. The summed E-state index contributed by atoms with van der Waals surface area (Å²) in [5, 5.41) is 10.8. The molecule has 2 aromatic carbocycles. The topological polar surface area (TPSA) is 49.3 Å². The molecule has 0 radical (unpaired) electrons. The molecule has 0 spiro atoms. The summed E-state index contributed by atoms with van der Waals surface area (Å²) in [4.78, 5) is 10.7. The summed E-state index contributed by atoms with van der Waals surface area (Å²) in [6, 6.07) is 7.34. The Morgan fingerprint density at radius 1 is 1.11 bits per heavy atom. The molecule has 3 nitrogen and oxygen atoms in total. The van der Waals surface area contributed by atoms with Crippen molar-refractivity contribution < 1.29 is 18.7 Å². The number of amides is 1. The molecule has 98 valence electrons. The van der Waals surface area contributed by atoms with E-state index in [-0.39, 0.29) is 16.3 Å². The molecular weight excluding hydrogens is 276 g/mol. The second-order valence-electron chi connectivity index (χ2n) is 3.75. The van der Waals surface area contributed by atoms with Gasteiger partial charge in [-0.1, -0.05) is 23.7 Å². The number of carboxylic acid groups (broad SMARTS) is 1. The van der Waals surface area contributed by atoms with Crippen LogP contribution in [0.2, 0.25) is 5.02 Å². The summed E-state index contributed by atoms with van der Waals surface area (Å²) in [5.41, 5.74) is 0.751. The molecular formula is C13H8ClF2NO2. The number of halogens is 3. The van der Waals surface area contributed by atoms with Crippen molar-refractivity contribution in [3.8, 4) is 11.1 Å². The Kier molecular flexibility index (Phi) is 3.66. The molecule has 0 fully saturated rings. The van der Waals surface area contributed by atoms with Gasteiger partial charge in [0.2, 0.25) is 0 Å². The highest BCUT2D eigenvalue weighted by Crippen LogP contribution is 2.35. The largest absolute Gasteiger partial charge is 0.465 e. The number of rotatable bonds is 2. The maximum Gasteiger partial charge on any atom is 0.409 e. The van der Waals surface area contributed by atoms with Gasteiger partial charge in [-0.25, -0.2) is 13.6 Å². The molecule has 0 bridgehead atoms. The number of nitrogens with one attached hydrogen (secondary N) is 1. The Bertz CT molecular complexity index is 629. The molecule has 2 rings (SSSR count). The van der Waals surface area contributed by atoms with Crippen molar-refractivity contribution in [2.45, 2.75) is 0 Å². The predicted molar refractivity (Wildman–Crippen MR) is 68.5 cm³/mol. The van der Waals surface area contributed by atoms with Gasteiger partial charge in [0, 0.05) is 5.56 Å². The van der Waals surface area contributed by atoms with Crippen LogP contribution in [0.5, 0.6) is 0 Å². The van der Waals surface area contributed by atoms with E-state index in [0.29, 0.717) is 5.56 Å². The SMILES string of the molecule is O=C(O)Nc1c(Cl)cc(F)cc1-c1ccc(F)cc1. The van der Waals surface area contributed by atoms with E-state index < -0.39 is 17.7 Å². The van der Waals surface area contributed by atoms with Gasteiger partial charge in [0.1, 0.15) is 11.6 Å². The zero-order valence-corrected chi connectivity index (χ0v) is 10.2. The van der Waals surface area contributed by atoms with Crippen molar-refractivity contribution in [3.05, 3.63) is 53.1 Å². The van der Waals surface area contributed by atoms with Gasteiger partial charge in [-0.3, -0.25) is 5.32 Å². The van der Waals surface area contributed by atoms with Crippen LogP contribution in [0.15, 0.2) is 36.4 Å². The second-order valence-corrected chi connectivity index (χ2v) is 4.15. The minimum atomic E-state index is -1.32. The van der Waals surface area contributed by atoms with Crippen molar-refractivity contribution >= 4 is 23.4 Å². The van der Waals surface area contributed by atoms with E-state index in [4.69, 9.17) is 16.7 Å². The smallest absolute Gasteiger partial charge is 0.409 e. The highest BCUT2D eigenvalue weighted by atomic mass is 35.5. The zero-order valence-electron chi connectivity index (χ0n) is 9.45. The minimum Gasteiger partial charge on any atom is -0.465 e. The van der Waals surface area contributed by atoms with Crippen molar-refractivity contribution in [2.75, 3.05) is 5.32 Å². The fourth-order valence-electron chi connectivity index (χ4n) is 1.66. The van der Waals surface area contributed by atoms with Crippen LogP contribution in [0.1, 0.15) is 0 Å². The summed E-state index contributed by atoms with van der Waals surface area (Å²) in [6.45, 7) is 0. The van der Waals surface area contributed by atoms with Crippen LogP contribution in [0.25, 0.3) is 11.1 Å². The number of carbonyl (C=O) groups is 1. The molecule has 6 heteroatoms. The first-order valence-corrected chi connectivity index (χ1v) is 5.60. The molecule has 19 heavy (non-hydrogen) atoms. The van der Waals surface area contributed by atoms with Crippen LogP contribution in [0, 0.1) is 11.6 Å². The number of hydrogen-bond donors (Lipinski definition) is 2.